The zero-order valence-corrected chi connectivity index (χ0v) is 16.9. The van der Waals surface area contributed by atoms with Gasteiger partial charge in [0, 0.05) is 50.5 Å². The number of hydrogen-bond acceptors (Lipinski definition) is 5. The molecule has 0 aliphatic carbocycles. The summed E-state index contributed by atoms with van der Waals surface area (Å²) >= 11 is 0. The highest BCUT2D eigenvalue weighted by Crippen LogP contribution is 2.41. The van der Waals surface area contributed by atoms with Crippen LogP contribution in [0, 0.1) is 11.6 Å². The van der Waals surface area contributed by atoms with Gasteiger partial charge in [0.05, 0.1) is 5.69 Å². The SMILES string of the molecule is NC(=O)Nc1ccc(F)cc1OC[C@H](O)CN1CCC2(CC1)Cc1cc(F)ccc1O2. The number of amides is 2. The molecule has 2 aromatic rings. The predicted octanol–water partition coefficient (Wildman–Crippen LogP) is 2.66. The van der Waals surface area contributed by atoms with Gasteiger partial charge in [0.25, 0.3) is 0 Å². The number of β-amino-alcohol motifs (C(OH)–C–C–N with tert-alkyl or cyclic N) is 1. The van der Waals surface area contributed by atoms with Crippen molar-refractivity contribution in [3.8, 4) is 11.5 Å². The van der Waals surface area contributed by atoms with Gasteiger partial charge < -0.3 is 30.5 Å². The molecule has 0 saturated carbocycles. The Labute approximate surface area is 178 Å². The molecule has 1 spiro atoms. The fraction of sp³-hybridized carbons (Fsp3) is 0.409. The van der Waals surface area contributed by atoms with Gasteiger partial charge in [-0.2, -0.15) is 0 Å². The minimum absolute atomic E-state index is 0.0697. The van der Waals surface area contributed by atoms with Crippen molar-refractivity contribution in [2.45, 2.75) is 31.0 Å². The van der Waals surface area contributed by atoms with Gasteiger partial charge in [-0.1, -0.05) is 0 Å². The first kappa shape index (κ1) is 21.3. The number of likely N-dealkylation sites (tertiary alicyclic amines) is 1. The Morgan fingerprint density at radius 3 is 2.68 bits per heavy atom. The molecular formula is C22H25F2N3O4. The number of hydrogen-bond donors (Lipinski definition) is 3. The lowest BCUT2D eigenvalue weighted by Gasteiger charge is -2.39. The lowest BCUT2D eigenvalue weighted by atomic mass is 9.87. The number of nitrogens with one attached hydrogen (secondary N) is 1. The van der Waals surface area contributed by atoms with E-state index >= 15 is 0 Å². The van der Waals surface area contributed by atoms with Gasteiger partial charge in [0.1, 0.15) is 41.4 Å². The van der Waals surface area contributed by atoms with Crippen LogP contribution < -0.4 is 20.5 Å². The van der Waals surface area contributed by atoms with Gasteiger partial charge in [-0.3, -0.25) is 0 Å². The highest BCUT2D eigenvalue weighted by Gasteiger charge is 2.42. The molecule has 0 aromatic heterocycles. The molecule has 4 N–H and O–H groups in total. The first-order chi connectivity index (χ1) is 14.8. The molecule has 2 amide bonds. The Kier molecular flexibility index (Phi) is 5.97. The number of rotatable bonds is 6. The smallest absolute Gasteiger partial charge is 0.316 e. The third-order valence-corrected chi connectivity index (χ3v) is 5.73. The van der Waals surface area contributed by atoms with Crippen molar-refractivity contribution in [2.24, 2.45) is 5.73 Å². The number of aliphatic hydroxyl groups excluding tert-OH is 1. The molecule has 1 saturated heterocycles. The van der Waals surface area contributed by atoms with Crippen LogP contribution in [0.4, 0.5) is 19.3 Å². The zero-order chi connectivity index (χ0) is 22.0. The van der Waals surface area contributed by atoms with E-state index in [1.807, 2.05) is 0 Å². The average Bonchev–Trinajstić information content (AvgIpc) is 3.06. The van der Waals surface area contributed by atoms with Crippen molar-refractivity contribution in [3.05, 3.63) is 53.6 Å². The summed E-state index contributed by atoms with van der Waals surface area (Å²) in [4.78, 5) is 13.2. The number of piperidine rings is 1. The van der Waals surface area contributed by atoms with Crippen LogP contribution in [0.25, 0.3) is 0 Å². The summed E-state index contributed by atoms with van der Waals surface area (Å²) in [5, 5.41) is 12.8. The van der Waals surface area contributed by atoms with Crippen LogP contribution in [0.2, 0.25) is 0 Å². The number of nitrogens with zero attached hydrogens (tertiary/aromatic N) is 1. The van der Waals surface area contributed by atoms with Crippen LogP contribution in [0.5, 0.6) is 11.5 Å². The van der Waals surface area contributed by atoms with Crippen LogP contribution in [0.1, 0.15) is 18.4 Å². The number of fused-ring (bicyclic) bond motifs is 1. The Morgan fingerprint density at radius 2 is 1.94 bits per heavy atom. The maximum atomic E-state index is 13.5. The lowest BCUT2D eigenvalue weighted by Crippen LogP contribution is -2.49. The van der Waals surface area contributed by atoms with E-state index in [0.29, 0.717) is 13.0 Å². The second kappa shape index (κ2) is 8.68. The molecule has 2 aliphatic heterocycles. The first-order valence-electron chi connectivity index (χ1n) is 10.2. The van der Waals surface area contributed by atoms with E-state index in [1.165, 1.54) is 24.3 Å². The van der Waals surface area contributed by atoms with E-state index in [1.54, 1.807) is 6.07 Å². The lowest BCUT2D eigenvalue weighted by molar-refractivity contribution is -0.00193. The summed E-state index contributed by atoms with van der Waals surface area (Å²) in [5.74, 6) is 0.0595. The van der Waals surface area contributed by atoms with E-state index in [-0.39, 0.29) is 29.5 Å². The highest BCUT2D eigenvalue weighted by molar-refractivity contribution is 5.89. The van der Waals surface area contributed by atoms with Crippen molar-refractivity contribution in [1.82, 2.24) is 4.90 Å². The molecule has 4 rings (SSSR count). The Bertz CT molecular complexity index is 964. The molecule has 0 radical (unpaired) electrons. The zero-order valence-electron chi connectivity index (χ0n) is 16.9. The molecule has 1 fully saturated rings. The van der Waals surface area contributed by atoms with Crippen molar-refractivity contribution < 1.29 is 28.2 Å². The van der Waals surface area contributed by atoms with Gasteiger partial charge in [-0.25, -0.2) is 13.6 Å². The molecule has 2 aliphatic rings. The number of carbonyl (C=O) groups excluding carboxylic acids is 1. The van der Waals surface area contributed by atoms with Gasteiger partial charge in [-0.05, 0) is 30.3 Å². The summed E-state index contributed by atoms with van der Waals surface area (Å²) in [6, 6.07) is 7.48. The molecule has 0 bridgehead atoms. The number of anilines is 1. The summed E-state index contributed by atoms with van der Waals surface area (Å²) < 4.78 is 38.7. The summed E-state index contributed by atoms with van der Waals surface area (Å²) in [5.41, 5.74) is 5.93. The molecule has 166 valence electrons. The van der Waals surface area contributed by atoms with Gasteiger partial charge >= 0.3 is 6.03 Å². The number of aliphatic hydroxyl groups is 1. The summed E-state index contributed by atoms with van der Waals surface area (Å²) in [6.07, 6.45) is 1.42. The largest absolute Gasteiger partial charge is 0.489 e. The van der Waals surface area contributed by atoms with E-state index in [2.05, 4.69) is 10.2 Å². The number of benzene rings is 2. The Balaban J connectivity index is 1.27. The Hall–Kier alpha value is -2.91. The highest BCUT2D eigenvalue weighted by atomic mass is 19.1. The number of urea groups is 1. The van der Waals surface area contributed by atoms with Crippen molar-refractivity contribution in [2.75, 3.05) is 31.6 Å². The predicted molar refractivity (Wildman–Crippen MR) is 110 cm³/mol. The number of halogens is 2. The molecule has 7 nitrogen and oxygen atoms in total. The van der Waals surface area contributed by atoms with Crippen LogP contribution in [0.15, 0.2) is 36.4 Å². The summed E-state index contributed by atoms with van der Waals surface area (Å²) in [6.45, 7) is 1.76. The Morgan fingerprint density at radius 1 is 1.23 bits per heavy atom. The summed E-state index contributed by atoms with van der Waals surface area (Å²) in [7, 11) is 0. The van der Waals surface area contributed by atoms with Crippen LogP contribution in [0.3, 0.4) is 0 Å². The number of carbonyl (C=O) groups is 1. The van der Waals surface area contributed by atoms with E-state index in [9.17, 15) is 18.7 Å². The van der Waals surface area contributed by atoms with Crippen molar-refractivity contribution in [1.29, 1.82) is 0 Å². The van der Waals surface area contributed by atoms with E-state index in [0.717, 1.165) is 43.3 Å². The topological polar surface area (TPSA) is 97.1 Å². The third kappa shape index (κ3) is 5.05. The number of nitrogens with two attached hydrogens (primary N) is 1. The molecule has 1 atom stereocenters. The second-order valence-corrected chi connectivity index (χ2v) is 8.11. The standard InChI is InChI=1S/C22H25F2N3O4/c23-15-2-4-19-14(9-15)11-22(31-19)5-7-27(8-6-22)12-17(28)13-30-20-10-16(24)1-3-18(20)26-21(25)29/h1-4,9-10,17,28H,5-8,11-13H2,(H3,25,26,29)/t17-/m1/s1. The van der Waals surface area contributed by atoms with Crippen molar-refractivity contribution >= 4 is 11.7 Å². The molecular weight excluding hydrogens is 408 g/mol. The third-order valence-electron chi connectivity index (χ3n) is 5.73. The molecule has 31 heavy (non-hydrogen) atoms. The van der Waals surface area contributed by atoms with E-state index in [4.69, 9.17) is 15.2 Å². The van der Waals surface area contributed by atoms with Gasteiger partial charge in [-0.15, -0.1) is 0 Å². The maximum absolute atomic E-state index is 13.5. The normalized spacial score (nSPS) is 18.3. The monoisotopic (exact) mass is 433 g/mol. The maximum Gasteiger partial charge on any atom is 0.316 e. The molecule has 2 heterocycles. The first-order valence-corrected chi connectivity index (χ1v) is 10.2. The quantitative estimate of drug-likeness (QED) is 0.651. The van der Waals surface area contributed by atoms with Crippen LogP contribution >= 0.6 is 0 Å². The minimum Gasteiger partial charge on any atom is -0.489 e. The second-order valence-electron chi connectivity index (χ2n) is 8.11. The van der Waals surface area contributed by atoms with Gasteiger partial charge in [0.15, 0.2) is 0 Å². The number of primary amides is 1. The minimum atomic E-state index is -0.811. The van der Waals surface area contributed by atoms with Crippen molar-refractivity contribution in [3.63, 3.8) is 0 Å². The van der Waals surface area contributed by atoms with Gasteiger partial charge in [0.2, 0.25) is 0 Å². The molecule has 2 aromatic carbocycles. The average molecular weight is 433 g/mol. The van der Waals surface area contributed by atoms with E-state index < -0.39 is 18.0 Å². The molecule has 9 heteroatoms. The number of ether oxygens (including phenoxy) is 2. The van der Waals surface area contributed by atoms with Crippen LogP contribution in [-0.2, 0) is 6.42 Å². The fourth-order valence-corrected chi connectivity index (χ4v) is 4.21. The fourth-order valence-electron chi connectivity index (χ4n) is 4.21. The molecule has 0 unspecified atom stereocenters. The van der Waals surface area contributed by atoms with Crippen LogP contribution in [-0.4, -0.2) is 54.0 Å².